The second-order valence-corrected chi connectivity index (χ2v) is 10.8. The molecule has 0 spiro atoms. The van der Waals surface area contributed by atoms with E-state index in [0.29, 0.717) is 32.1 Å². The van der Waals surface area contributed by atoms with Crippen LogP contribution >= 0.6 is 0 Å². The van der Waals surface area contributed by atoms with Crippen molar-refractivity contribution in [3.63, 3.8) is 0 Å². The van der Waals surface area contributed by atoms with Crippen molar-refractivity contribution in [3.05, 3.63) is 46.0 Å². The van der Waals surface area contributed by atoms with Gasteiger partial charge >= 0.3 is 11.6 Å². The molecular formula is C26H32O7. The van der Waals surface area contributed by atoms with Crippen LogP contribution in [-0.2, 0) is 14.3 Å². The highest BCUT2D eigenvalue weighted by atomic mass is 16.5. The van der Waals surface area contributed by atoms with Crippen LogP contribution in [0.5, 0.6) is 0 Å². The molecule has 7 heteroatoms. The van der Waals surface area contributed by atoms with Gasteiger partial charge in [-0.1, -0.05) is 18.6 Å². The minimum atomic E-state index is -1.14. The molecule has 0 amide bonds. The van der Waals surface area contributed by atoms with Crippen LogP contribution in [0.2, 0.25) is 0 Å². The summed E-state index contributed by atoms with van der Waals surface area (Å²) in [5, 5.41) is 22.6. The lowest BCUT2D eigenvalue weighted by molar-refractivity contribution is -0.180. The Kier molecular flexibility index (Phi) is 5.21. The number of esters is 1. The molecule has 0 saturated heterocycles. The minimum Gasteiger partial charge on any atom is -0.462 e. The topological polar surface area (TPSA) is 114 Å². The van der Waals surface area contributed by atoms with Crippen LogP contribution in [0, 0.1) is 22.7 Å². The predicted molar refractivity (Wildman–Crippen MR) is 118 cm³/mol. The van der Waals surface area contributed by atoms with Gasteiger partial charge in [-0.15, -0.1) is 0 Å². The second-order valence-electron chi connectivity index (χ2n) is 10.8. The van der Waals surface area contributed by atoms with Crippen LogP contribution in [0.15, 0.2) is 39.3 Å². The third-order valence-electron chi connectivity index (χ3n) is 9.47. The minimum absolute atomic E-state index is 0.0222. The van der Waals surface area contributed by atoms with Crippen molar-refractivity contribution in [1.82, 2.24) is 0 Å². The smallest absolute Gasteiger partial charge is 0.335 e. The molecule has 7 nitrogen and oxygen atoms in total. The average Bonchev–Trinajstić information content (AvgIpc) is 3.00. The van der Waals surface area contributed by atoms with Crippen molar-refractivity contribution in [2.24, 2.45) is 22.7 Å². The zero-order chi connectivity index (χ0) is 23.6. The predicted octanol–water partition coefficient (Wildman–Crippen LogP) is 2.88. The summed E-state index contributed by atoms with van der Waals surface area (Å²) in [4.78, 5) is 36.1. The molecule has 178 valence electrons. The number of fused-ring (bicyclic) bond motifs is 5. The normalized spacial score (nSPS) is 44.1. The number of hydrogen-bond donors (Lipinski definition) is 2. The van der Waals surface area contributed by atoms with Gasteiger partial charge < -0.3 is 24.2 Å². The number of carbonyl (C=O) groups excluding carboxylic acids is 2. The second kappa shape index (κ2) is 7.64. The largest absolute Gasteiger partial charge is 0.462 e. The average molecular weight is 457 g/mol. The summed E-state index contributed by atoms with van der Waals surface area (Å²) in [5.41, 5.74) is -1.11. The summed E-state index contributed by atoms with van der Waals surface area (Å²) in [6.07, 6.45) is 7.49. The number of aliphatic hydroxyl groups is 2. The van der Waals surface area contributed by atoms with E-state index in [9.17, 15) is 24.6 Å². The molecule has 2 N–H and O–H groups in total. The third-order valence-corrected chi connectivity index (χ3v) is 9.47. The third kappa shape index (κ3) is 3.12. The Bertz CT molecular complexity index is 1040. The molecule has 0 radical (unpaired) electrons. The highest BCUT2D eigenvalue weighted by Gasteiger charge is 2.70. The Balaban J connectivity index is 1.59. The molecule has 4 aliphatic rings. The van der Waals surface area contributed by atoms with Crippen molar-refractivity contribution < 1.29 is 29.0 Å². The van der Waals surface area contributed by atoms with Crippen LogP contribution in [0.4, 0.5) is 0 Å². The lowest BCUT2D eigenvalue weighted by atomic mass is 9.45. The SMILES string of the molecule is CC(=O)OC1CC2(O)C3CCC4=CC(O)CCC4(C=O)C3CCC2(C)C1c1ccc(=O)oc1. The van der Waals surface area contributed by atoms with Gasteiger partial charge in [0.05, 0.1) is 23.4 Å². The van der Waals surface area contributed by atoms with E-state index in [1.54, 1.807) is 6.07 Å². The van der Waals surface area contributed by atoms with Gasteiger partial charge in [0, 0.05) is 30.7 Å². The number of carbonyl (C=O) groups is 2. The Labute approximate surface area is 192 Å². The Morgan fingerprint density at radius 3 is 2.67 bits per heavy atom. The van der Waals surface area contributed by atoms with Crippen molar-refractivity contribution in [3.8, 4) is 0 Å². The number of aldehydes is 1. The van der Waals surface area contributed by atoms with Gasteiger partial charge in [0.15, 0.2) is 0 Å². The van der Waals surface area contributed by atoms with Gasteiger partial charge in [0.1, 0.15) is 12.4 Å². The standard InChI is InChI=1S/C26H32O7/c1-15(28)33-21-12-26(31)20-5-4-17-11-18(29)7-10-25(17,14-27)19(20)8-9-24(26,2)23(21)16-3-6-22(30)32-13-16/h3,6,11,13-14,18-21,23,29,31H,4-5,7-10,12H2,1-2H3. The lowest BCUT2D eigenvalue weighted by Crippen LogP contribution is -2.61. The van der Waals surface area contributed by atoms with E-state index in [-0.39, 0.29) is 24.2 Å². The maximum Gasteiger partial charge on any atom is 0.335 e. The van der Waals surface area contributed by atoms with Gasteiger partial charge in [-0.25, -0.2) is 4.79 Å². The summed E-state index contributed by atoms with van der Waals surface area (Å²) in [7, 11) is 0. The molecule has 3 fully saturated rings. The highest BCUT2D eigenvalue weighted by molar-refractivity contribution is 5.68. The van der Waals surface area contributed by atoms with Crippen molar-refractivity contribution in [1.29, 1.82) is 0 Å². The van der Waals surface area contributed by atoms with E-state index in [1.807, 2.05) is 13.0 Å². The van der Waals surface area contributed by atoms with Gasteiger partial charge in [-0.05, 0) is 62.0 Å². The monoisotopic (exact) mass is 456 g/mol. The number of aliphatic hydroxyl groups excluding tert-OH is 1. The van der Waals surface area contributed by atoms with Crippen molar-refractivity contribution in [2.45, 2.75) is 82.5 Å². The first-order valence-electron chi connectivity index (χ1n) is 12.0. The molecular weight excluding hydrogens is 424 g/mol. The zero-order valence-electron chi connectivity index (χ0n) is 19.2. The highest BCUT2D eigenvalue weighted by Crippen LogP contribution is 2.70. The van der Waals surface area contributed by atoms with Gasteiger partial charge in [-0.3, -0.25) is 4.79 Å². The molecule has 5 rings (SSSR count). The first kappa shape index (κ1) is 22.5. The van der Waals surface area contributed by atoms with Crippen molar-refractivity contribution in [2.75, 3.05) is 0 Å². The fourth-order valence-electron chi connectivity index (χ4n) is 8.07. The Hall–Kier alpha value is -2.25. The van der Waals surface area contributed by atoms with E-state index in [1.165, 1.54) is 19.3 Å². The van der Waals surface area contributed by atoms with Gasteiger partial charge in [0.25, 0.3) is 0 Å². The summed E-state index contributed by atoms with van der Waals surface area (Å²) >= 11 is 0. The Morgan fingerprint density at radius 2 is 2.00 bits per heavy atom. The molecule has 0 aromatic carbocycles. The van der Waals surface area contributed by atoms with Crippen LogP contribution in [0.25, 0.3) is 0 Å². The Morgan fingerprint density at radius 1 is 1.21 bits per heavy atom. The fraction of sp³-hybridized carbons (Fsp3) is 0.654. The van der Waals surface area contributed by atoms with Gasteiger partial charge in [-0.2, -0.15) is 0 Å². The number of allylic oxidation sites excluding steroid dienone is 1. The van der Waals surface area contributed by atoms with Crippen LogP contribution in [-0.4, -0.2) is 40.3 Å². The molecule has 1 aromatic heterocycles. The van der Waals surface area contributed by atoms with Crippen LogP contribution in [0.3, 0.4) is 0 Å². The van der Waals surface area contributed by atoms with E-state index in [4.69, 9.17) is 9.15 Å². The molecule has 3 saturated carbocycles. The molecule has 0 bridgehead atoms. The first-order valence-corrected chi connectivity index (χ1v) is 12.0. The van der Waals surface area contributed by atoms with Crippen LogP contribution < -0.4 is 5.63 Å². The molecule has 33 heavy (non-hydrogen) atoms. The van der Waals surface area contributed by atoms with E-state index in [2.05, 4.69) is 0 Å². The van der Waals surface area contributed by atoms with Crippen molar-refractivity contribution >= 4 is 12.3 Å². The van der Waals surface area contributed by atoms with E-state index >= 15 is 0 Å². The molecule has 4 aliphatic carbocycles. The number of hydrogen-bond acceptors (Lipinski definition) is 7. The molecule has 1 aromatic rings. The zero-order valence-corrected chi connectivity index (χ0v) is 19.2. The number of rotatable bonds is 3. The summed E-state index contributed by atoms with van der Waals surface area (Å²) in [6.45, 7) is 3.41. The molecule has 1 heterocycles. The maximum absolute atomic E-state index is 12.6. The quantitative estimate of drug-likeness (QED) is 0.408. The fourth-order valence-corrected chi connectivity index (χ4v) is 8.07. The summed E-state index contributed by atoms with van der Waals surface area (Å²) in [5.74, 6) is -0.892. The molecule has 0 aliphatic heterocycles. The first-order chi connectivity index (χ1) is 15.6. The van der Waals surface area contributed by atoms with Gasteiger partial charge in [0.2, 0.25) is 0 Å². The van der Waals surface area contributed by atoms with E-state index < -0.39 is 40.2 Å². The molecule has 8 unspecified atom stereocenters. The lowest BCUT2D eigenvalue weighted by Gasteiger charge is -2.60. The number of ether oxygens (including phenoxy) is 1. The van der Waals surface area contributed by atoms with Crippen LogP contribution in [0.1, 0.15) is 70.3 Å². The maximum atomic E-state index is 12.6. The van der Waals surface area contributed by atoms with E-state index in [0.717, 1.165) is 23.8 Å². The summed E-state index contributed by atoms with van der Waals surface area (Å²) < 4.78 is 10.9. The summed E-state index contributed by atoms with van der Waals surface area (Å²) in [6, 6.07) is 3.06. The molecule has 8 atom stereocenters.